The van der Waals surface area contributed by atoms with Gasteiger partial charge in [-0.15, -0.1) is 24.0 Å². The van der Waals surface area contributed by atoms with Gasteiger partial charge in [0.25, 0.3) is 0 Å². The average molecular weight is 401 g/mol. The van der Waals surface area contributed by atoms with Crippen molar-refractivity contribution in [2.75, 3.05) is 13.7 Å². The quantitative estimate of drug-likeness (QED) is 0.350. The molecule has 1 aromatic carbocycles. The third-order valence-corrected chi connectivity index (χ3v) is 2.79. The molecule has 0 aliphatic rings. The van der Waals surface area contributed by atoms with E-state index in [-0.39, 0.29) is 24.0 Å². The van der Waals surface area contributed by atoms with E-state index in [1.165, 1.54) is 0 Å². The number of nitrogens with one attached hydrogen (secondary N) is 1. The molecule has 0 aliphatic heterocycles. The van der Waals surface area contributed by atoms with E-state index in [4.69, 9.17) is 14.9 Å². The lowest BCUT2D eigenvalue weighted by atomic mass is 10.2. The van der Waals surface area contributed by atoms with Crippen LogP contribution in [0.4, 0.5) is 0 Å². The van der Waals surface area contributed by atoms with Gasteiger partial charge in [-0.2, -0.15) is 0 Å². The van der Waals surface area contributed by atoms with E-state index in [1.807, 2.05) is 31.2 Å². The Morgan fingerprint density at radius 3 is 2.81 bits per heavy atom. The summed E-state index contributed by atoms with van der Waals surface area (Å²) in [6.07, 6.45) is 0. The molecule has 5 nitrogen and oxygen atoms in total. The Bertz CT molecular complexity index is 649. The largest absolute Gasteiger partial charge is 0.492 e. The normalized spacial score (nSPS) is 11.0. The van der Waals surface area contributed by atoms with Crippen LogP contribution < -0.4 is 15.8 Å². The van der Waals surface area contributed by atoms with Crippen molar-refractivity contribution < 1.29 is 9.15 Å². The number of nitrogens with zero attached hydrogens (tertiary/aromatic N) is 1. The number of halogens is 1. The Morgan fingerprint density at radius 1 is 1.43 bits per heavy atom. The van der Waals surface area contributed by atoms with Crippen LogP contribution in [0.15, 0.2) is 45.8 Å². The van der Waals surface area contributed by atoms with E-state index in [1.54, 1.807) is 7.11 Å². The summed E-state index contributed by atoms with van der Waals surface area (Å²) in [5.41, 5.74) is 7.54. The summed E-state index contributed by atoms with van der Waals surface area (Å²) in [5, 5.41) is 3.91. The number of aliphatic imine (C=N–C) groups is 1. The summed E-state index contributed by atoms with van der Waals surface area (Å²) in [4.78, 5) is 4.24. The number of furan rings is 1. The minimum Gasteiger partial charge on any atom is -0.492 e. The lowest BCUT2D eigenvalue weighted by Gasteiger charge is -2.04. The average Bonchev–Trinajstić information content (AvgIpc) is 2.80. The van der Waals surface area contributed by atoms with Crippen LogP contribution in [-0.4, -0.2) is 19.6 Å². The van der Waals surface area contributed by atoms with Gasteiger partial charge in [-0.25, -0.2) is 4.99 Å². The van der Waals surface area contributed by atoms with Crippen LogP contribution in [-0.2, 0) is 6.54 Å². The molecule has 21 heavy (non-hydrogen) atoms. The van der Waals surface area contributed by atoms with Crippen LogP contribution >= 0.6 is 24.0 Å². The molecule has 0 saturated heterocycles. The number of benzene rings is 1. The van der Waals surface area contributed by atoms with Gasteiger partial charge in [0.05, 0.1) is 12.5 Å². The van der Waals surface area contributed by atoms with Gasteiger partial charge < -0.3 is 20.2 Å². The van der Waals surface area contributed by atoms with Crippen molar-refractivity contribution in [2.24, 2.45) is 10.7 Å². The zero-order valence-electron chi connectivity index (χ0n) is 12.2. The highest BCUT2D eigenvalue weighted by Crippen LogP contribution is 2.33. The van der Waals surface area contributed by atoms with E-state index in [2.05, 4.69) is 16.9 Å². The molecule has 0 aliphatic carbocycles. The number of para-hydroxylation sites is 1. The van der Waals surface area contributed by atoms with Crippen LogP contribution in [0.3, 0.4) is 0 Å². The first kappa shape index (κ1) is 17.4. The first-order valence-corrected chi connectivity index (χ1v) is 6.34. The predicted molar refractivity (Wildman–Crippen MR) is 96.3 cm³/mol. The second-order valence-corrected chi connectivity index (χ2v) is 4.57. The molecule has 2 aromatic rings. The Morgan fingerprint density at radius 2 is 2.14 bits per heavy atom. The Labute approximate surface area is 141 Å². The molecule has 0 amide bonds. The van der Waals surface area contributed by atoms with Gasteiger partial charge in [0.2, 0.25) is 0 Å². The number of hydrogen-bond donors (Lipinski definition) is 2. The Balaban J connectivity index is 0.00000220. The number of guanidine groups is 1. The molecule has 2 rings (SSSR count). The highest BCUT2D eigenvalue weighted by molar-refractivity contribution is 14.0. The minimum atomic E-state index is 0. The second kappa shape index (κ2) is 7.92. The molecule has 0 bridgehead atoms. The van der Waals surface area contributed by atoms with Gasteiger partial charge in [-0.3, -0.25) is 0 Å². The third kappa shape index (κ3) is 4.38. The molecule has 0 saturated carbocycles. The van der Waals surface area contributed by atoms with Crippen molar-refractivity contribution in [3.05, 3.63) is 42.2 Å². The van der Waals surface area contributed by atoms with Gasteiger partial charge in [0.15, 0.2) is 17.5 Å². The van der Waals surface area contributed by atoms with E-state index in [0.717, 1.165) is 16.5 Å². The van der Waals surface area contributed by atoms with Crippen LogP contribution in [0.5, 0.6) is 5.75 Å². The van der Waals surface area contributed by atoms with Crippen molar-refractivity contribution in [3.63, 3.8) is 0 Å². The fraction of sp³-hybridized carbons (Fsp3) is 0.267. The zero-order chi connectivity index (χ0) is 14.5. The number of methoxy groups -OCH3 is 1. The summed E-state index contributed by atoms with van der Waals surface area (Å²) in [7, 11) is 1.62. The van der Waals surface area contributed by atoms with Gasteiger partial charge in [0.1, 0.15) is 12.1 Å². The monoisotopic (exact) mass is 401 g/mol. The predicted octanol–water partition coefficient (Wildman–Crippen LogP) is 3.04. The number of fused-ring (bicyclic) bond motifs is 1. The lowest BCUT2D eigenvalue weighted by Crippen LogP contribution is -2.32. The Kier molecular flexibility index (Phi) is 6.54. The standard InChI is InChI=1S/C15H19N3O2.HI/c1-10(2)8-17-15(16)18-9-13-14(19-3)11-6-4-5-7-12(11)20-13;/h4-7H,1,8-9H2,2-3H3,(H3,16,17,18);1H. The van der Waals surface area contributed by atoms with E-state index < -0.39 is 0 Å². The molecule has 1 aromatic heterocycles. The summed E-state index contributed by atoms with van der Waals surface area (Å²) < 4.78 is 11.1. The van der Waals surface area contributed by atoms with Crippen molar-refractivity contribution in [1.82, 2.24) is 5.32 Å². The van der Waals surface area contributed by atoms with Crippen molar-refractivity contribution in [2.45, 2.75) is 13.5 Å². The van der Waals surface area contributed by atoms with Crippen molar-refractivity contribution in [1.29, 1.82) is 0 Å². The van der Waals surface area contributed by atoms with Crippen LogP contribution in [0.1, 0.15) is 12.7 Å². The summed E-state index contributed by atoms with van der Waals surface area (Å²) in [6, 6.07) is 7.71. The smallest absolute Gasteiger partial charge is 0.189 e. The van der Waals surface area contributed by atoms with Gasteiger partial charge in [0, 0.05) is 6.54 Å². The molecular weight excluding hydrogens is 381 g/mol. The SMILES string of the molecule is C=C(C)CNC(N)=NCc1oc2ccccc2c1OC.I. The molecule has 0 fully saturated rings. The molecule has 0 spiro atoms. The number of nitrogens with two attached hydrogens (primary N) is 1. The van der Waals surface area contributed by atoms with Crippen LogP contribution in [0.2, 0.25) is 0 Å². The van der Waals surface area contributed by atoms with Crippen LogP contribution in [0.25, 0.3) is 11.0 Å². The topological polar surface area (TPSA) is 72.8 Å². The second-order valence-electron chi connectivity index (χ2n) is 4.57. The molecule has 6 heteroatoms. The molecule has 114 valence electrons. The number of ether oxygens (including phenoxy) is 1. The first-order valence-electron chi connectivity index (χ1n) is 6.34. The summed E-state index contributed by atoms with van der Waals surface area (Å²) >= 11 is 0. The zero-order valence-corrected chi connectivity index (χ0v) is 14.5. The van der Waals surface area contributed by atoms with Crippen LogP contribution in [0, 0.1) is 0 Å². The fourth-order valence-electron chi connectivity index (χ4n) is 1.85. The lowest BCUT2D eigenvalue weighted by molar-refractivity contribution is 0.397. The molecule has 3 N–H and O–H groups in total. The number of rotatable bonds is 5. The van der Waals surface area contributed by atoms with E-state index >= 15 is 0 Å². The first-order chi connectivity index (χ1) is 9.61. The maximum atomic E-state index is 5.77. The molecule has 0 radical (unpaired) electrons. The number of hydrogen-bond acceptors (Lipinski definition) is 3. The maximum absolute atomic E-state index is 5.77. The van der Waals surface area contributed by atoms with Crippen molar-refractivity contribution in [3.8, 4) is 5.75 Å². The minimum absolute atomic E-state index is 0. The maximum Gasteiger partial charge on any atom is 0.189 e. The Hall–Kier alpha value is -1.70. The van der Waals surface area contributed by atoms with E-state index in [0.29, 0.717) is 30.6 Å². The summed E-state index contributed by atoms with van der Waals surface area (Å²) in [5.74, 6) is 1.72. The molecular formula is C15H20IN3O2. The highest BCUT2D eigenvalue weighted by Gasteiger charge is 2.13. The van der Waals surface area contributed by atoms with E-state index in [9.17, 15) is 0 Å². The fourth-order valence-corrected chi connectivity index (χ4v) is 1.85. The molecule has 0 atom stereocenters. The van der Waals surface area contributed by atoms with Gasteiger partial charge in [-0.05, 0) is 19.1 Å². The van der Waals surface area contributed by atoms with Gasteiger partial charge in [-0.1, -0.05) is 24.3 Å². The third-order valence-electron chi connectivity index (χ3n) is 2.79. The summed E-state index contributed by atoms with van der Waals surface area (Å²) in [6.45, 7) is 6.64. The van der Waals surface area contributed by atoms with Gasteiger partial charge >= 0.3 is 0 Å². The molecule has 1 heterocycles. The van der Waals surface area contributed by atoms with Crippen molar-refractivity contribution >= 4 is 40.9 Å². The highest BCUT2D eigenvalue weighted by atomic mass is 127. The molecule has 0 unspecified atom stereocenters.